The molecule has 2 fully saturated rings. The standard InChI is InChI=1S/C20H33N5O6/c1-20(2,14-13-23(3)11-12-24(14)4)19(30)22-9-7-15(26)21-10-8-18(29)31-25-16(27)5-6-17(25)28/h14H,5-13H2,1-4H3,(H,21,26)(H,22,30)/i3+1,4+1,12+1,13+1,14+1,18+1,23+1,24+1. The molecule has 2 aliphatic heterocycles. The highest BCUT2D eigenvalue weighted by Gasteiger charge is 2.41. The van der Waals surface area contributed by atoms with E-state index in [2.05, 4.69) is 20.4 Å². The summed E-state index contributed by atoms with van der Waals surface area (Å²) in [6.45, 7) is 6.65. The molecule has 0 bridgehead atoms. The summed E-state index contributed by atoms with van der Waals surface area (Å²) in [7, 11) is 4.05. The number of nitrogens with one attached hydrogen (secondary N) is 2. The quantitative estimate of drug-likeness (QED) is 0.258. The summed E-state index contributed by atoms with van der Waals surface area (Å²) in [6, 6.07) is 0.0699. The zero-order valence-corrected chi connectivity index (χ0v) is 18.7. The summed E-state index contributed by atoms with van der Waals surface area (Å²) in [5.41, 5.74) is -0.617. The van der Waals surface area contributed by atoms with Gasteiger partial charge in [0, 0.05) is 58.0 Å². The van der Waals surface area contributed by atoms with E-state index in [9.17, 15) is 24.0 Å². The van der Waals surface area contributed by atoms with Crippen LogP contribution in [0.15, 0.2) is 0 Å². The number of hydrogen-bond acceptors (Lipinski definition) is 8. The first kappa shape index (κ1) is 24.7. The normalized spacial score (nSPS) is 20.6. The van der Waals surface area contributed by atoms with Crippen molar-refractivity contribution in [2.75, 3.05) is 46.8 Å². The van der Waals surface area contributed by atoms with Gasteiger partial charge in [-0.1, -0.05) is 0 Å². The molecule has 1 unspecified atom stereocenters. The summed E-state index contributed by atoms with van der Waals surface area (Å²) >= 11 is 0. The van der Waals surface area contributed by atoms with E-state index >= 15 is 0 Å². The number of carbonyl (C=O) groups excluding carboxylic acids is 5. The fourth-order valence-electron chi connectivity index (χ4n) is 3.66. The Morgan fingerprint density at radius 2 is 1.61 bits per heavy atom. The lowest BCUT2D eigenvalue weighted by atomic mass is 9.99. The lowest BCUT2D eigenvalue weighted by molar-refractivity contribution is -0.197. The average molecular weight is 447 g/mol. The molecule has 0 radical (unpaired) electrons. The van der Waals surface area contributed by atoms with Crippen LogP contribution in [0.1, 0.15) is 39.5 Å². The van der Waals surface area contributed by atoms with Crippen LogP contribution in [0.25, 0.3) is 0 Å². The van der Waals surface area contributed by atoms with Gasteiger partial charge in [0.15, 0.2) is 0 Å². The SMILES string of the molecule is CC(C)(C(=O)NCCC(=O)NCC[13C](=O)ON1C(=O)CCC1=O)[13CH]1[13CH2][15N]([13CH3])C[13CH2][15N]1[13CH3]. The molecule has 31 heavy (non-hydrogen) atoms. The molecular formula is C20H33N5O6. The molecule has 2 N–H and O–H groups in total. The van der Waals surface area contributed by atoms with Crippen molar-refractivity contribution < 1.29 is 28.8 Å². The van der Waals surface area contributed by atoms with E-state index < -0.39 is 23.2 Å². The molecule has 11 nitrogen and oxygen atoms in total. The van der Waals surface area contributed by atoms with Gasteiger partial charge in [-0.2, -0.15) is 0 Å². The van der Waals surface area contributed by atoms with Crippen LogP contribution in [0.4, 0.5) is 0 Å². The predicted molar refractivity (Wildman–Crippen MR) is 110 cm³/mol. The van der Waals surface area contributed by atoms with E-state index in [4.69, 9.17) is 4.84 Å². The largest absolute Gasteiger partial charge is 0.355 e. The Balaban J connectivity index is 1.65. The van der Waals surface area contributed by atoms with Crippen molar-refractivity contribution in [1.82, 2.24) is 25.5 Å². The topological polar surface area (TPSA) is 128 Å². The van der Waals surface area contributed by atoms with Crippen LogP contribution in [-0.2, 0) is 28.8 Å². The van der Waals surface area contributed by atoms with Crippen LogP contribution < -0.4 is 10.6 Å². The molecule has 11 heteroatoms. The van der Waals surface area contributed by atoms with Crippen molar-refractivity contribution in [3.8, 4) is 0 Å². The van der Waals surface area contributed by atoms with Crippen LogP contribution in [-0.4, -0.2) is 97.3 Å². The van der Waals surface area contributed by atoms with Gasteiger partial charge in [-0.05, 0) is 27.9 Å². The highest BCUT2D eigenvalue weighted by molar-refractivity contribution is 6.01. The van der Waals surface area contributed by atoms with Gasteiger partial charge in [0.05, 0.1) is 11.8 Å². The summed E-state index contributed by atoms with van der Waals surface area (Å²) in [5.74, 6) is -2.32. The molecule has 4 amide bonds. The average Bonchev–Trinajstić information content (AvgIpc) is 3.01. The van der Waals surface area contributed by atoms with E-state index in [0.29, 0.717) is 5.06 Å². The Hall–Kier alpha value is -2.53. The summed E-state index contributed by atoms with van der Waals surface area (Å²) in [5, 5.41) is 5.86. The van der Waals surface area contributed by atoms with Crippen LogP contribution >= 0.6 is 0 Å². The molecule has 2 rings (SSSR count). The molecule has 1 atom stereocenters. The fraction of sp³-hybridized carbons (Fsp3) is 0.750. The Morgan fingerprint density at radius 1 is 1.00 bits per heavy atom. The van der Waals surface area contributed by atoms with Gasteiger partial charge in [-0.3, -0.25) is 24.1 Å². The molecule has 0 aliphatic carbocycles. The molecular weight excluding hydrogens is 414 g/mol. The number of rotatable bonds is 9. The highest BCUT2D eigenvalue weighted by Crippen LogP contribution is 2.27. The summed E-state index contributed by atoms with van der Waals surface area (Å²) < 4.78 is 0. The number of hydroxylamine groups is 2. The van der Waals surface area contributed by atoms with Gasteiger partial charge < -0.3 is 20.4 Å². The van der Waals surface area contributed by atoms with E-state index in [1.54, 1.807) is 0 Å². The van der Waals surface area contributed by atoms with E-state index in [-0.39, 0.29) is 56.6 Å². The summed E-state index contributed by atoms with van der Waals surface area (Å²) in [6.07, 6.45) is -0.0533. The van der Waals surface area contributed by atoms with Crippen molar-refractivity contribution in [2.24, 2.45) is 5.41 Å². The molecule has 2 heterocycles. The lowest BCUT2D eigenvalue weighted by Crippen LogP contribution is -2.60. The molecule has 2 saturated heterocycles. The Bertz CT molecular complexity index is 709. The van der Waals surface area contributed by atoms with Crippen molar-refractivity contribution in [3.05, 3.63) is 0 Å². The zero-order valence-electron chi connectivity index (χ0n) is 18.7. The Labute approximate surface area is 182 Å². The van der Waals surface area contributed by atoms with Crippen LogP contribution in [0.5, 0.6) is 0 Å². The van der Waals surface area contributed by atoms with Crippen molar-refractivity contribution in [1.29, 1.82) is 0 Å². The molecule has 174 valence electrons. The van der Waals surface area contributed by atoms with Crippen LogP contribution in [0.3, 0.4) is 0 Å². The van der Waals surface area contributed by atoms with E-state index in [1.807, 2.05) is 27.9 Å². The van der Waals surface area contributed by atoms with Crippen LogP contribution in [0.2, 0.25) is 0 Å². The maximum Gasteiger partial charge on any atom is 0.334 e. The maximum atomic E-state index is 12.7. The Morgan fingerprint density at radius 3 is 2.26 bits per heavy atom. The molecule has 0 spiro atoms. The number of piperazine rings is 1. The number of likely N-dealkylation sites (N-methyl/N-ethyl adjacent to an activating group) is 2. The minimum Gasteiger partial charge on any atom is -0.355 e. The number of amides is 4. The van der Waals surface area contributed by atoms with Crippen LogP contribution in [0, 0.1) is 5.41 Å². The van der Waals surface area contributed by atoms with E-state index in [1.165, 1.54) is 0 Å². The van der Waals surface area contributed by atoms with Gasteiger partial charge in [0.2, 0.25) is 11.8 Å². The molecule has 2 aliphatic rings. The first-order valence-corrected chi connectivity index (χ1v) is 10.5. The molecule has 0 saturated carbocycles. The van der Waals surface area contributed by atoms with Gasteiger partial charge in [-0.25, -0.2) is 4.79 Å². The van der Waals surface area contributed by atoms with Crippen molar-refractivity contribution >= 4 is 29.6 Å². The maximum absolute atomic E-state index is 12.7. The number of hydrogen-bond donors (Lipinski definition) is 2. The van der Waals surface area contributed by atoms with Gasteiger partial charge in [0.25, 0.3) is 11.8 Å². The first-order chi connectivity index (χ1) is 14.5. The third kappa shape index (κ3) is 6.73. The third-order valence-corrected chi connectivity index (χ3v) is 5.76. The molecule has 0 aromatic carbocycles. The van der Waals surface area contributed by atoms with Gasteiger partial charge in [0.1, 0.15) is 0 Å². The fourth-order valence-corrected chi connectivity index (χ4v) is 3.66. The lowest BCUT2D eigenvalue weighted by Gasteiger charge is -2.45. The second-order valence-corrected chi connectivity index (χ2v) is 8.63. The molecule has 0 aromatic heterocycles. The van der Waals surface area contributed by atoms with E-state index in [0.717, 1.165) is 19.6 Å². The summed E-state index contributed by atoms with van der Waals surface area (Å²) in [4.78, 5) is 68.3. The number of nitrogens with zero attached hydrogens (tertiary/aromatic N) is 3. The minimum atomic E-state index is -0.777. The zero-order chi connectivity index (χ0) is 23.2. The Kier molecular flexibility index (Phi) is 8.52. The molecule has 0 aromatic rings. The second kappa shape index (κ2) is 10.7. The smallest absolute Gasteiger partial charge is 0.334 e. The monoisotopic (exact) mass is 447 g/mol. The number of carbonyl (C=O) groups is 5. The predicted octanol–water partition coefficient (Wildman–Crippen LogP) is -1.12. The third-order valence-electron chi connectivity index (χ3n) is 5.76. The van der Waals surface area contributed by atoms with Crippen molar-refractivity contribution in [3.63, 3.8) is 0 Å². The highest BCUT2D eigenvalue weighted by atomic mass is 16.8. The van der Waals surface area contributed by atoms with Gasteiger partial charge in [-0.15, -0.1) is 5.06 Å². The number of imide groups is 1. The van der Waals surface area contributed by atoms with Gasteiger partial charge >= 0.3 is 5.97 Å². The first-order valence-electron chi connectivity index (χ1n) is 10.5. The van der Waals surface area contributed by atoms with Crippen molar-refractivity contribution in [2.45, 2.75) is 45.6 Å². The minimum absolute atomic E-state index is 0.00648. The second-order valence-electron chi connectivity index (χ2n) is 8.63.